The van der Waals surface area contributed by atoms with Gasteiger partial charge in [0.05, 0.1) is 0 Å². The molecule has 0 atom stereocenters. The maximum atomic E-state index is 11.1. The predicted molar refractivity (Wildman–Crippen MR) is 62.3 cm³/mol. The van der Waals surface area contributed by atoms with Gasteiger partial charge in [-0.1, -0.05) is 36.4 Å². The van der Waals surface area contributed by atoms with Crippen LogP contribution in [0.4, 0.5) is 9.59 Å². The summed E-state index contributed by atoms with van der Waals surface area (Å²) in [7, 11) is 0. The summed E-state index contributed by atoms with van der Waals surface area (Å²) in [6.07, 6.45) is -1.15. The van der Waals surface area contributed by atoms with Gasteiger partial charge < -0.3 is 9.47 Å². The second-order valence-electron chi connectivity index (χ2n) is 3.17. The topological polar surface area (TPSA) is 52.6 Å². The second kappa shape index (κ2) is 4.84. The van der Waals surface area contributed by atoms with E-state index in [0.29, 0.717) is 5.75 Å². The minimum absolute atomic E-state index is 0.311. The molecule has 0 aliphatic rings. The molecule has 2 aromatic carbocycles. The van der Waals surface area contributed by atoms with Gasteiger partial charge >= 0.3 is 11.6 Å². The fourth-order valence-electron chi connectivity index (χ4n) is 1.46. The summed E-state index contributed by atoms with van der Waals surface area (Å²) in [5, 5.41) is 1.66. The maximum absolute atomic E-state index is 11.1. The van der Waals surface area contributed by atoms with Crippen LogP contribution in [0.3, 0.4) is 0 Å². The van der Waals surface area contributed by atoms with Gasteiger partial charge in [0.2, 0.25) is 0 Å². The zero-order valence-electron chi connectivity index (χ0n) is 8.55. The highest BCUT2D eigenvalue weighted by Gasteiger charge is 2.12. The molecule has 0 aliphatic heterocycles. The van der Waals surface area contributed by atoms with Crippen molar-refractivity contribution in [3.05, 3.63) is 42.5 Å². The van der Waals surface area contributed by atoms with Crippen LogP contribution in [0.5, 0.6) is 5.75 Å². The molecule has 0 spiro atoms. The van der Waals surface area contributed by atoms with Crippen molar-refractivity contribution >= 4 is 34.0 Å². The van der Waals surface area contributed by atoms with Crippen LogP contribution in [0.15, 0.2) is 42.5 Å². The second-order valence-corrected chi connectivity index (χ2v) is 3.48. The lowest BCUT2D eigenvalue weighted by Gasteiger charge is -2.05. The highest BCUT2D eigenvalue weighted by atomic mass is 35.5. The molecule has 2 rings (SSSR count). The third kappa shape index (κ3) is 2.73. The molecule has 0 saturated heterocycles. The average molecular weight is 251 g/mol. The van der Waals surface area contributed by atoms with Crippen molar-refractivity contribution in [2.24, 2.45) is 0 Å². The summed E-state index contributed by atoms with van der Waals surface area (Å²) in [6, 6.07) is 12.6. The molecule has 0 fully saturated rings. The van der Waals surface area contributed by atoms with Crippen LogP contribution in [-0.2, 0) is 4.74 Å². The molecule has 0 radical (unpaired) electrons. The normalized spacial score (nSPS) is 9.94. The zero-order chi connectivity index (χ0) is 12.3. The third-order valence-corrected chi connectivity index (χ3v) is 2.18. The van der Waals surface area contributed by atoms with Gasteiger partial charge in [-0.05, 0) is 11.5 Å². The Balaban J connectivity index is 2.30. The van der Waals surface area contributed by atoms with E-state index in [4.69, 9.17) is 16.3 Å². The van der Waals surface area contributed by atoms with Crippen LogP contribution >= 0.6 is 11.6 Å². The van der Waals surface area contributed by atoms with E-state index in [1.54, 1.807) is 18.2 Å². The number of carbonyl (C=O) groups excluding carboxylic acids is 2. The largest absolute Gasteiger partial charge is 0.522 e. The van der Waals surface area contributed by atoms with E-state index < -0.39 is 11.6 Å². The van der Waals surface area contributed by atoms with E-state index >= 15 is 0 Å². The van der Waals surface area contributed by atoms with Gasteiger partial charge in [-0.25, -0.2) is 9.59 Å². The lowest BCUT2D eigenvalue weighted by atomic mass is 10.1. The Bertz CT molecular complexity index is 574. The molecule has 5 heteroatoms. The van der Waals surface area contributed by atoms with Gasteiger partial charge in [-0.15, -0.1) is 0 Å². The maximum Gasteiger partial charge on any atom is 0.522 e. The van der Waals surface area contributed by atoms with Crippen LogP contribution in [-0.4, -0.2) is 11.6 Å². The first kappa shape index (κ1) is 11.4. The molecule has 0 N–H and O–H groups in total. The van der Waals surface area contributed by atoms with Crippen LogP contribution in [0.2, 0.25) is 0 Å². The Morgan fingerprint density at radius 1 is 1.00 bits per heavy atom. The molecule has 0 amide bonds. The monoisotopic (exact) mass is 250 g/mol. The van der Waals surface area contributed by atoms with Crippen molar-refractivity contribution in [2.75, 3.05) is 0 Å². The van der Waals surface area contributed by atoms with Crippen LogP contribution < -0.4 is 4.74 Å². The highest BCUT2D eigenvalue weighted by Crippen LogP contribution is 2.25. The number of ether oxygens (including phenoxy) is 2. The van der Waals surface area contributed by atoms with Gasteiger partial charge in [0, 0.05) is 17.0 Å². The summed E-state index contributed by atoms with van der Waals surface area (Å²) >= 11 is 4.90. The van der Waals surface area contributed by atoms with E-state index in [1.807, 2.05) is 24.3 Å². The van der Waals surface area contributed by atoms with Crippen molar-refractivity contribution in [3.8, 4) is 5.75 Å². The predicted octanol–water partition coefficient (Wildman–Crippen LogP) is 3.71. The first-order valence-corrected chi connectivity index (χ1v) is 5.11. The summed E-state index contributed by atoms with van der Waals surface area (Å²) in [4.78, 5) is 21.5. The minimum atomic E-state index is -1.23. The van der Waals surface area contributed by atoms with Gasteiger partial charge in [0.1, 0.15) is 5.75 Å². The smallest absolute Gasteiger partial charge is 0.394 e. The number of fused-ring (bicyclic) bond motifs is 1. The average Bonchev–Trinajstić information content (AvgIpc) is 2.28. The molecule has 2 aromatic rings. The van der Waals surface area contributed by atoms with E-state index in [0.717, 1.165) is 10.8 Å². The fraction of sp³-hybridized carbons (Fsp3) is 0. The molecule has 0 saturated carbocycles. The summed E-state index contributed by atoms with van der Waals surface area (Å²) in [6.45, 7) is 0. The van der Waals surface area contributed by atoms with Crippen molar-refractivity contribution in [1.29, 1.82) is 0 Å². The van der Waals surface area contributed by atoms with Crippen molar-refractivity contribution in [2.45, 2.75) is 0 Å². The number of halogens is 1. The molecule has 4 nitrogen and oxygen atoms in total. The summed E-state index contributed by atoms with van der Waals surface area (Å²) in [5.74, 6) is 0.311. The van der Waals surface area contributed by atoms with Gasteiger partial charge in [-0.3, -0.25) is 0 Å². The Morgan fingerprint density at radius 3 is 2.47 bits per heavy atom. The zero-order valence-corrected chi connectivity index (χ0v) is 9.31. The molecular formula is C12H7ClO4. The van der Waals surface area contributed by atoms with Crippen LogP contribution in [0.25, 0.3) is 10.8 Å². The standard InChI is InChI=1S/C12H7ClO4/c13-11(14)17-12(15)16-10-7-3-5-8-4-1-2-6-9(8)10/h1-7H. The van der Waals surface area contributed by atoms with E-state index in [9.17, 15) is 9.59 Å². The summed E-state index contributed by atoms with van der Waals surface area (Å²) < 4.78 is 8.94. The minimum Gasteiger partial charge on any atom is -0.394 e. The van der Waals surface area contributed by atoms with E-state index in [2.05, 4.69) is 4.74 Å². The van der Waals surface area contributed by atoms with Gasteiger partial charge in [0.15, 0.2) is 0 Å². The van der Waals surface area contributed by atoms with Gasteiger partial charge in [0.25, 0.3) is 0 Å². The Kier molecular flexibility index (Phi) is 3.25. The van der Waals surface area contributed by atoms with Crippen LogP contribution in [0.1, 0.15) is 0 Å². The quantitative estimate of drug-likeness (QED) is 0.335. The Hall–Kier alpha value is -2.07. The van der Waals surface area contributed by atoms with E-state index in [-0.39, 0.29) is 0 Å². The van der Waals surface area contributed by atoms with Crippen molar-refractivity contribution in [3.63, 3.8) is 0 Å². The molecule has 0 bridgehead atoms. The lowest BCUT2D eigenvalue weighted by Crippen LogP contribution is -2.11. The molecule has 0 unspecified atom stereocenters. The first-order chi connectivity index (χ1) is 8.16. The molecular weight excluding hydrogens is 244 g/mol. The first-order valence-electron chi connectivity index (χ1n) is 4.74. The summed E-state index contributed by atoms with van der Waals surface area (Å²) in [5.41, 5.74) is -1.23. The Morgan fingerprint density at radius 2 is 1.71 bits per heavy atom. The SMILES string of the molecule is O=C(Cl)OC(=O)Oc1cccc2ccccc12. The fourth-order valence-corrected chi connectivity index (χ4v) is 1.52. The number of hydrogen-bond acceptors (Lipinski definition) is 4. The number of carbonyl (C=O) groups is 2. The van der Waals surface area contributed by atoms with E-state index in [1.165, 1.54) is 0 Å². The van der Waals surface area contributed by atoms with Crippen molar-refractivity contribution in [1.82, 2.24) is 0 Å². The van der Waals surface area contributed by atoms with Crippen LogP contribution in [0, 0.1) is 0 Å². The third-order valence-electron chi connectivity index (χ3n) is 2.11. The molecule has 0 aliphatic carbocycles. The molecule has 86 valence electrons. The number of benzene rings is 2. The number of rotatable bonds is 1. The molecule has 0 aromatic heterocycles. The number of hydrogen-bond donors (Lipinski definition) is 0. The Labute approximate surface area is 102 Å². The molecule has 17 heavy (non-hydrogen) atoms. The van der Waals surface area contributed by atoms with Gasteiger partial charge in [-0.2, -0.15) is 0 Å². The van der Waals surface area contributed by atoms with Crippen molar-refractivity contribution < 1.29 is 19.1 Å². The highest BCUT2D eigenvalue weighted by molar-refractivity contribution is 6.61. The lowest BCUT2D eigenvalue weighted by molar-refractivity contribution is 0.128. The molecule has 0 heterocycles.